The summed E-state index contributed by atoms with van der Waals surface area (Å²) < 4.78 is 16.8. The number of nitrogens with zero attached hydrogens (tertiary/aromatic N) is 2. The summed E-state index contributed by atoms with van der Waals surface area (Å²) in [6.45, 7) is 0. The first kappa shape index (κ1) is 19.7. The molecule has 0 aliphatic rings. The number of methoxy groups -OCH3 is 2. The van der Waals surface area contributed by atoms with E-state index in [-0.39, 0.29) is 6.04 Å². The third kappa shape index (κ3) is 3.90. The van der Waals surface area contributed by atoms with Crippen LogP contribution in [0.5, 0.6) is 23.0 Å². The van der Waals surface area contributed by atoms with Crippen LogP contribution < -0.4 is 19.5 Å². The number of para-hydroxylation sites is 1. The van der Waals surface area contributed by atoms with Gasteiger partial charge in [-0.1, -0.05) is 30.3 Å². The molecular formula is C24H23N3O3. The Kier molecular flexibility index (Phi) is 5.77. The van der Waals surface area contributed by atoms with Gasteiger partial charge in [-0.2, -0.15) is 0 Å². The van der Waals surface area contributed by atoms with Crippen LogP contribution in [-0.2, 0) is 0 Å². The normalized spacial score (nSPS) is 11.8. The molecule has 4 rings (SSSR count). The van der Waals surface area contributed by atoms with E-state index in [0.717, 1.165) is 33.7 Å². The summed E-state index contributed by atoms with van der Waals surface area (Å²) in [5.74, 6) is 2.86. The summed E-state index contributed by atoms with van der Waals surface area (Å²) in [4.78, 5) is 8.98. The molecule has 6 heteroatoms. The van der Waals surface area contributed by atoms with Gasteiger partial charge in [-0.15, -0.1) is 0 Å². The number of hydrogen-bond acceptors (Lipinski definition) is 6. The van der Waals surface area contributed by atoms with Crippen LogP contribution in [0.2, 0.25) is 0 Å². The summed E-state index contributed by atoms with van der Waals surface area (Å²) in [7, 11) is 5.14. The molecule has 0 spiro atoms. The summed E-state index contributed by atoms with van der Waals surface area (Å²) in [6, 6.07) is 21.4. The van der Waals surface area contributed by atoms with Crippen molar-refractivity contribution < 1.29 is 14.2 Å². The van der Waals surface area contributed by atoms with Crippen molar-refractivity contribution >= 4 is 10.9 Å². The SMILES string of the molecule is CNC(c1ccc(Oc2ccccc2)cc1)c1ncnc2cc(OC)c(OC)cc12. The fourth-order valence-corrected chi connectivity index (χ4v) is 3.45. The molecule has 0 amide bonds. The van der Waals surface area contributed by atoms with E-state index in [1.54, 1.807) is 20.5 Å². The molecule has 0 radical (unpaired) electrons. The second-order valence-corrected chi connectivity index (χ2v) is 6.69. The van der Waals surface area contributed by atoms with Gasteiger partial charge in [0.1, 0.15) is 17.8 Å². The second kappa shape index (κ2) is 8.80. The molecule has 0 saturated carbocycles. The molecule has 3 aromatic carbocycles. The quantitative estimate of drug-likeness (QED) is 0.482. The lowest BCUT2D eigenvalue weighted by atomic mass is 9.99. The van der Waals surface area contributed by atoms with Crippen molar-refractivity contribution in [3.05, 3.63) is 84.3 Å². The van der Waals surface area contributed by atoms with E-state index >= 15 is 0 Å². The van der Waals surface area contributed by atoms with Gasteiger partial charge in [-0.25, -0.2) is 9.97 Å². The zero-order valence-corrected chi connectivity index (χ0v) is 17.1. The summed E-state index contributed by atoms with van der Waals surface area (Å²) >= 11 is 0. The van der Waals surface area contributed by atoms with E-state index in [0.29, 0.717) is 11.5 Å². The van der Waals surface area contributed by atoms with Gasteiger partial charge < -0.3 is 19.5 Å². The zero-order valence-electron chi connectivity index (χ0n) is 17.1. The molecular weight excluding hydrogens is 378 g/mol. The fourth-order valence-electron chi connectivity index (χ4n) is 3.45. The Balaban J connectivity index is 1.69. The van der Waals surface area contributed by atoms with Gasteiger partial charge in [0, 0.05) is 11.5 Å². The Morgan fingerprint density at radius 3 is 2.13 bits per heavy atom. The molecule has 0 bridgehead atoms. The molecule has 0 fully saturated rings. The van der Waals surface area contributed by atoms with E-state index in [1.807, 2.05) is 73.8 Å². The van der Waals surface area contributed by atoms with Crippen LogP contribution in [0.3, 0.4) is 0 Å². The minimum Gasteiger partial charge on any atom is -0.493 e. The van der Waals surface area contributed by atoms with Crippen molar-refractivity contribution in [2.75, 3.05) is 21.3 Å². The van der Waals surface area contributed by atoms with Crippen molar-refractivity contribution in [1.82, 2.24) is 15.3 Å². The first-order chi connectivity index (χ1) is 14.7. The third-order valence-electron chi connectivity index (χ3n) is 4.93. The molecule has 1 atom stereocenters. The van der Waals surface area contributed by atoms with Gasteiger partial charge in [0.15, 0.2) is 11.5 Å². The van der Waals surface area contributed by atoms with Crippen LogP contribution in [0.25, 0.3) is 10.9 Å². The van der Waals surface area contributed by atoms with Crippen LogP contribution in [0.4, 0.5) is 0 Å². The van der Waals surface area contributed by atoms with Crippen LogP contribution in [0, 0.1) is 0 Å². The lowest BCUT2D eigenvalue weighted by Crippen LogP contribution is -2.19. The predicted molar refractivity (Wildman–Crippen MR) is 117 cm³/mol. The molecule has 0 saturated heterocycles. The van der Waals surface area contributed by atoms with Gasteiger partial charge in [0.05, 0.1) is 31.5 Å². The number of nitrogens with one attached hydrogen (secondary N) is 1. The van der Waals surface area contributed by atoms with Crippen LogP contribution in [0.15, 0.2) is 73.1 Å². The predicted octanol–water partition coefficient (Wildman–Crippen LogP) is 4.75. The molecule has 4 aromatic rings. The summed E-state index contributed by atoms with van der Waals surface area (Å²) in [5, 5.41) is 4.26. The molecule has 0 aliphatic carbocycles. The van der Waals surface area contributed by atoms with Crippen LogP contribution in [0.1, 0.15) is 17.3 Å². The fraction of sp³-hybridized carbons (Fsp3) is 0.167. The summed E-state index contributed by atoms with van der Waals surface area (Å²) in [6.07, 6.45) is 1.57. The van der Waals surface area contributed by atoms with Gasteiger partial charge in [-0.05, 0) is 42.9 Å². The maximum absolute atomic E-state index is 5.90. The number of benzene rings is 3. The van der Waals surface area contributed by atoms with Crippen molar-refractivity contribution in [2.45, 2.75) is 6.04 Å². The van der Waals surface area contributed by atoms with E-state index in [1.165, 1.54) is 0 Å². The lowest BCUT2D eigenvalue weighted by molar-refractivity contribution is 0.355. The summed E-state index contributed by atoms with van der Waals surface area (Å²) in [5.41, 5.74) is 2.72. The topological polar surface area (TPSA) is 65.5 Å². The molecule has 1 unspecified atom stereocenters. The van der Waals surface area contributed by atoms with Gasteiger partial charge in [0.2, 0.25) is 0 Å². The van der Waals surface area contributed by atoms with Gasteiger partial charge in [0.25, 0.3) is 0 Å². The highest BCUT2D eigenvalue weighted by molar-refractivity contribution is 5.85. The second-order valence-electron chi connectivity index (χ2n) is 6.69. The minimum atomic E-state index is -0.126. The minimum absolute atomic E-state index is 0.126. The van der Waals surface area contributed by atoms with Gasteiger partial charge in [-0.3, -0.25) is 0 Å². The Morgan fingerprint density at radius 2 is 1.47 bits per heavy atom. The first-order valence-electron chi connectivity index (χ1n) is 9.60. The molecule has 6 nitrogen and oxygen atoms in total. The standard InChI is InChI=1S/C24H23N3O3/c1-25-23(16-9-11-18(12-10-16)30-17-7-5-4-6-8-17)24-19-13-21(28-2)22(29-3)14-20(19)26-15-27-24/h4-15,23,25H,1-3H3. The maximum Gasteiger partial charge on any atom is 0.162 e. The smallest absolute Gasteiger partial charge is 0.162 e. The highest BCUT2D eigenvalue weighted by Crippen LogP contribution is 2.35. The Labute approximate surface area is 175 Å². The number of ether oxygens (including phenoxy) is 3. The highest BCUT2D eigenvalue weighted by atomic mass is 16.5. The van der Waals surface area contributed by atoms with Gasteiger partial charge >= 0.3 is 0 Å². The highest BCUT2D eigenvalue weighted by Gasteiger charge is 2.19. The number of aromatic nitrogens is 2. The number of hydrogen-bond donors (Lipinski definition) is 1. The Bertz CT molecular complexity index is 1130. The molecule has 1 N–H and O–H groups in total. The number of fused-ring (bicyclic) bond motifs is 1. The molecule has 30 heavy (non-hydrogen) atoms. The zero-order chi connectivity index (χ0) is 20.9. The average molecular weight is 401 g/mol. The maximum atomic E-state index is 5.90. The number of rotatable bonds is 7. The van der Waals surface area contributed by atoms with Crippen molar-refractivity contribution in [3.63, 3.8) is 0 Å². The van der Waals surface area contributed by atoms with Crippen LogP contribution in [-0.4, -0.2) is 31.2 Å². The van der Waals surface area contributed by atoms with Crippen molar-refractivity contribution in [1.29, 1.82) is 0 Å². The first-order valence-corrected chi connectivity index (χ1v) is 9.60. The molecule has 152 valence electrons. The largest absolute Gasteiger partial charge is 0.493 e. The lowest BCUT2D eigenvalue weighted by Gasteiger charge is -2.19. The average Bonchev–Trinajstić information content (AvgIpc) is 2.80. The van der Waals surface area contributed by atoms with Crippen molar-refractivity contribution in [2.24, 2.45) is 0 Å². The Morgan fingerprint density at radius 1 is 0.800 bits per heavy atom. The molecule has 1 aromatic heterocycles. The third-order valence-corrected chi connectivity index (χ3v) is 4.93. The van der Waals surface area contributed by atoms with E-state index in [9.17, 15) is 0 Å². The van der Waals surface area contributed by atoms with E-state index < -0.39 is 0 Å². The van der Waals surface area contributed by atoms with Crippen LogP contribution >= 0.6 is 0 Å². The van der Waals surface area contributed by atoms with Crippen molar-refractivity contribution in [3.8, 4) is 23.0 Å². The van der Waals surface area contributed by atoms with E-state index in [2.05, 4.69) is 15.3 Å². The molecule has 1 heterocycles. The monoisotopic (exact) mass is 401 g/mol. The van der Waals surface area contributed by atoms with E-state index in [4.69, 9.17) is 14.2 Å². The Hall–Kier alpha value is -3.64. The molecule has 0 aliphatic heterocycles.